The second-order valence-electron chi connectivity index (χ2n) is 27.8. The van der Waals surface area contributed by atoms with Crippen molar-refractivity contribution in [2.45, 2.75) is 141 Å². The van der Waals surface area contributed by atoms with Crippen LogP contribution in [0.15, 0.2) is 94.5 Å². The molecule has 4 saturated heterocycles. The fraction of sp³-hybridized carbons (Fsp3) is 0.571. The van der Waals surface area contributed by atoms with E-state index in [4.69, 9.17) is 9.47 Å². The van der Waals surface area contributed by atoms with Crippen molar-refractivity contribution in [2.24, 2.45) is 11.8 Å². The summed E-state index contributed by atoms with van der Waals surface area (Å²) in [7, 11) is 0. The van der Waals surface area contributed by atoms with Gasteiger partial charge in [-0.3, -0.25) is 29.0 Å². The van der Waals surface area contributed by atoms with E-state index in [1.165, 1.54) is 24.3 Å². The number of ether oxygens (including phenoxy) is 2. The maximum absolute atomic E-state index is 14.3. The van der Waals surface area contributed by atoms with Crippen LogP contribution >= 0.6 is 0 Å². The Labute approximate surface area is 518 Å². The molecule has 88 heavy (non-hydrogen) atoms. The van der Waals surface area contributed by atoms with Crippen LogP contribution in [0, 0.1) is 23.5 Å². The Morgan fingerprint density at radius 1 is 0.568 bits per heavy atom. The third-order valence-electron chi connectivity index (χ3n) is 19.8. The second-order valence-corrected chi connectivity index (χ2v) is 27.8. The van der Waals surface area contributed by atoms with Crippen LogP contribution in [0.4, 0.5) is 20.2 Å². The Hall–Kier alpha value is -6.28. The van der Waals surface area contributed by atoms with Crippen molar-refractivity contribution in [1.29, 1.82) is 0 Å². The molecule has 4 atom stereocenters. The van der Waals surface area contributed by atoms with Gasteiger partial charge in [0.15, 0.2) is 0 Å². The summed E-state index contributed by atoms with van der Waals surface area (Å²) < 4.78 is 39.8. The molecule has 0 bridgehead atoms. The molecule has 4 N–H and O–H groups in total. The first-order valence-corrected chi connectivity index (χ1v) is 32.7. The highest BCUT2D eigenvalue weighted by Gasteiger charge is 2.43. The van der Waals surface area contributed by atoms with Crippen LogP contribution in [0.5, 0.6) is 11.5 Å². The smallest absolute Gasteiger partial charge is 0.251 e. The minimum atomic E-state index is -0.403. The number of rotatable bonds is 22. The van der Waals surface area contributed by atoms with E-state index >= 15 is 0 Å². The number of aromatic amines is 2. The first-order valence-electron chi connectivity index (χ1n) is 32.7. The largest absolute Gasteiger partial charge is 0.493 e. The Balaban J connectivity index is 0.570. The van der Waals surface area contributed by atoms with Gasteiger partial charge in [-0.05, 0) is 163 Å². The molecule has 2 aromatic heterocycles. The number of H-pyrrole nitrogens is 2. The maximum atomic E-state index is 14.3. The van der Waals surface area contributed by atoms with Crippen LogP contribution in [0.3, 0.4) is 0 Å². The molecule has 8 heterocycles. The molecular weight excluding hydrogens is 1110 g/mol. The monoisotopic (exact) mass is 1210 g/mol. The van der Waals surface area contributed by atoms with Crippen molar-refractivity contribution in [3.8, 4) is 11.5 Å². The molecule has 0 aliphatic carbocycles. The minimum Gasteiger partial charge on any atom is -0.493 e. The van der Waals surface area contributed by atoms with Gasteiger partial charge in [0, 0.05) is 129 Å². The predicted octanol–water partition coefficient (Wildman–Crippen LogP) is 8.24. The number of nitrogens with zero attached hydrogens (tertiary/aromatic N) is 6. The van der Waals surface area contributed by atoms with E-state index in [0.29, 0.717) is 75.2 Å². The van der Waals surface area contributed by atoms with Crippen molar-refractivity contribution in [3.05, 3.63) is 151 Å². The third-order valence-corrected chi connectivity index (χ3v) is 19.8. The number of halogens is 2. The van der Waals surface area contributed by atoms with Gasteiger partial charge in [-0.25, -0.2) is 8.78 Å². The number of benzene rings is 3. The molecule has 0 unspecified atom stereocenters. The Morgan fingerprint density at radius 2 is 0.966 bits per heavy atom. The number of piperidine rings is 2. The SMILES string of the molecule is C[C@@H]1CN(CC(=O)N2CC(C)(C)c3[nH]c(=O)c(Cc4ccc(F)cc4)cc32)[C@@H](CN2CCC(CCCOc3cccc(OCCCC4CCN(C[C@H]5CN[C@H](C)CN5CC(=O)N5CC(C)(C)c6[nH]c(=O)c(Cc7ccc(F)cc7)cc65)CC4)c3)CC2)CN1. The van der Waals surface area contributed by atoms with Crippen molar-refractivity contribution >= 4 is 23.2 Å². The number of amides is 2. The number of fused-ring (bicyclic) bond motifs is 2. The number of aromatic nitrogens is 2. The van der Waals surface area contributed by atoms with Gasteiger partial charge in [-0.1, -0.05) is 58.0 Å². The maximum Gasteiger partial charge on any atom is 0.251 e. The molecule has 11 rings (SSSR count). The van der Waals surface area contributed by atoms with E-state index in [9.17, 15) is 28.0 Å². The fourth-order valence-corrected chi connectivity index (χ4v) is 14.7. The molecule has 5 aromatic rings. The second kappa shape index (κ2) is 27.9. The standard InChI is InChI=1S/C70H94F2N10O6/c1-47-39-79(43-63(83)81-45-69(3,4)65-61(81)34-53(67(85)75-65)32-51-14-18-55(71)19-15-51)57(37-73-47)41-77-26-22-49(23-27-77)10-8-30-87-59-12-7-13-60(36-59)88-31-9-11-50-24-28-78(29-25-50)42-58-38-74-48(2)40-80(58)44-64(84)82-46-70(5,6)66-62(82)35-54(68(86)76-66)33-52-16-20-56(72)21-17-52/h7,12-21,34-36,47-50,57-58,73-74H,8-11,22-33,37-46H2,1-6H3,(H,75,85)(H,76,86)/t47-,48-,57-,58-/m1/s1. The fourth-order valence-electron chi connectivity index (χ4n) is 14.7. The quantitative estimate of drug-likeness (QED) is 0.0493. The summed E-state index contributed by atoms with van der Waals surface area (Å²) >= 11 is 0. The summed E-state index contributed by atoms with van der Waals surface area (Å²) in [5.74, 6) is 2.47. The number of nitrogens with one attached hydrogen (secondary N) is 4. The average molecular weight is 1210 g/mol. The molecule has 6 aliphatic heterocycles. The van der Waals surface area contributed by atoms with Crippen molar-refractivity contribution in [2.75, 3.05) is 115 Å². The number of likely N-dealkylation sites (tertiary alicyclic amines) is 2. The van der Waals surface area contributed by atoms with Crippen LogP contribution in [-0.4, -0.2) is 170 Å². The summed E-state index contributed by atoms with van der Waals surface area (Å²) in [6, 6.07) is 25.2. The van der Waals surface area contributed by atoms with Gasteiger partial charge in [-0.2, -0.15) is 0 Å². The topological polar surface area (TPSA) is 162 Å². The summed E-state index contributed by atoms with van der Waals surface area (Å²) in [6.07, 6.45) is 9.61. The van der Waals surface area contributed by atoms with E-state index in [1.807, 2.05) is 46.2 Å². The van der Waals surface area contributed by atoms with Crippen molar-refractivity contribution in [1.82, 2.24) is 40.2 Å². The van der Waals surface area contributed by atoms with E-state index in [-0.39, 0.29) is 58.7 Å². The summed E-state index contributed by atoms with van der Waals surface area (Å²) in [5, 5.41) is 7.36. The van der Waals surface area contributed by atoms with Gasteiger partial charge in [0.05, 0.1) is 37.7 Å². The highest BCUT2D eigenvalue weighted by molar-refractivity contribution is 5.98. The third kappa shape index (κ3) is 15.6. The molecular formula is C70H94F2N10O6. The molecule has 3 aromatic carbocycles. The highest BCUT2D eigenvalue weighted by atomic mass is 19.1. The lowest BCUT2D eigenvalue weighted by Crippen LogP contribution is -2.61. The molecule has 2 amide bonds. The van der Waals surface area contributed by atoms with E-state index in [1.54, 1.807) is 24.3 Å². The Bertz CT molecular complexity index is 3110. The lowest BCUT2D eigenvalue weighted by molar-refractivity contribution is -0.121. The predicted molar refractivity (Wildman–Crippen MR) is 343 cm³/mol. The molecule has 16 nitrogen and oxygen atoms in total. The normalized spacial score (nSPS) is 22.9. The average Bonchev–Trinajstić information content (AvgIpc) is 1.65. The number of carbonyl (C=O) groups excluding carboxylic acids is 2. The van der Waals surface area contributed by atoms with Crippen LogP contribution in [0.25, 0.3) is 0 Å². The molecule has 6 aliphatic rings. The van der Waals surface area contributed by atoms with Gasteiger partial charge in [-0.15, -0.1) is 0 Å². The van der Waals surface area contributed by atoms with E-state index in [0.717, 1.165) is 162 Å². The number of carbonyl (C=O) groups is 2. The number of hydrogen-bond acceptors (Lipinski definition) is 12. The molecule has 4 fully saturated rings. The van der Waals surface area contributed by atoms with Crippen molar-refractivity contribution in [3.63, 3.8) is 0 Å². The van der Waals surface area contributed by atoms with Gasteiger partial charge >= 0.3 is 0 Å². The molecule has 18 heteroatoms. The van der Waals surface area contributed by atoms with Gasteiger partial charge in [0.25, 0.3) is 11.1 Å². The zero-order valence-corrected chi connectivity index (χ0v) is 52.8. The molecule has 0 spiro atoms. The van der Waals surface area contributed by atoms with Crippen LogP contribution in [-0.2, 0) is 33.3 Å². The summed E-state index contributed by atoms with van der Waals surface area (Å²) in [6.45, 7) is 24.9. The van der Waals surface area contributed by atoms with E-state index in [2.05, 4.69) is 81.7 Å². The number of anilines is 2. The molecule has 0 radical (unpaired) electrons. The highest BCUT2D eigenvalue weighted by Crippen LogP contribution is 2.41. The lowest BCUT2D eigenvalue weighted by atomic mass is 9.91. The Morgan fingerprint density at radius 3 is 1.36 bits per heavy atom. The van der Waals surface area contributed by atoms with Gasteiger partial charge < -0.3 is 49.7 Å². The van der Waals surface area contributed by atoms with Crippen LogP contribution in [0.2, 0.25) is 0 Å². The van der Waals surface area contributed by atoms with Gasteiger partial charge in [0.2, 0.25) is 11.8 Å². The summed E-state index contributed by atoms with van der Waals surface area (Å²) in [4.78, 5) is 75.1. The number of pyridine rings is 2. The lowest BCUT2D eigenvalue weighted by Gasteiger charge is -2.43. The Kier molecular flexibility index (Phi) is 20.0. The van der Waals surface area contributed by atoms with Crippen molar-refractivity contribution < 1.29 is 27.8 Å². The first kappa shape index (κ1) is 63.3. The number of hydrogen-bond donors (Lipinski definition) is 4. The van der Waals surface area contributed by atoms with E-state index < -0.39 is 10.8 Å². The van der Waals surface area contributed by atoms with Crippen LogP contribution in [0.1, 0.15) is 127 Å². The molecule has 0 saturated carbocycles. The zero-order valence-electron chi connectivity index (χ0n) is 52.8. The first-order chi connectivity index (χ1) is 42.3. The molecule has 474 valence electrons. The zero-order chi connectivity index (χ0) is 61.7. The van der Waals surface area contributed by atoms with Gasteiger partial charge in [0.1, 0.15) is 23.1 Å². The van der Waals surface area contributed by atoms with Crippen LogP contribution < -0.4 is 41.0 Å². The number of piperazine rings is 2. The summed E-state index contributed by atoms with van der Waals surface area (Å²) in [5.41, 5.74) is 4.77. The minimum absolute atomic E-state index is 0.0431.